The van der Waals surface area contributed by atoms with E-state index in [1.54, 1.807) is 12.1 Å². The molecular formula is C26H30N4OS. The fraction of sp³-hybridized carbons (Fsp3) is 0.385. The van der Waals surface area contributed by atoms with Crippen LogP contribution in [0.5, 0.6) is 5.75 Å². The lowest BCUT2D eigenvalue weighted by molar-refractivity contribution is 0.345. The fourth-order valence-electron chi connectivity index (χ4n) is 5.57. The molecule has 5 rings (SSSR count). The van der Waals surface area contributed by atoms with Gasteiger partial charge in [0.05, 0.1) is 17.8 Å². The van der Waals surface area contributed by atoms with Crippen LogP contribution < -0.4 is 10.2 Å². The van der Waals surface area contributed by atoms with Crippen molar-refractivity contribution in [3.8, 4) is 5.75 Å². The largest absolute Gasteiger partial charge is 0.508 e. The summed E-state index contributed by atoms with van der Waals surface area (Å²) < 4.78 is 2.56. The predicted molar refractivity (Wildman–Crippen MR) is 132 cm³/mol. The third kappa shape index (κ3) is 3.66. The second-order valence-electron chi connectivity index (χ2n) is 9.00. The van der Waals surface area contributed by atoms with Crippen molar-refractivity contribution in [3.05, 3.63) is 77.4 Å². The number of nitrogens with zero attached hydrogens (tertiary/aromatic N) is 3. The number of aromatic hydroxyl groups is 1. The Bertz CT molecular complexity index is 1100. The molecule has 1 saturated heterocycles. The smallest absolute Gasteiger partial charge is 0.174 e. The number of pyridine rings is 1. The number of hydrogen-bond acceptors (Lipinski definition) is 3. The third-order valence-corrected chi connectivity index (χ3v) is 7.32. The van der Waals surface area contributed by atoms with Crippen molar-refractivity contribution >= 4 is 23.0 Å². The van der Waals surface area contributed by atoms with Gasteiger partial charge in [-0.2, -0.15) is 0 Å². The van der Waals surface area contributed by atoms with Crippen molar-refractivity contribution in [1.29, 1.82) is 0 Å². The Morgan fingerprint density at radius 3 is 2.47 bits per heavy atom. The zero-order chi connectivity index (χ0) is 22.2. The highest BCUT2D eigenvalue weighted by molar-refractivity contribution is 7.80. The van der Waals surface area contributed by atoms with E-state index in [2.05, 4.69) is 45.7 Å². The van der Waals surface area contributed by atoms with Crippen molar-refractivity contribution in [1.82, 2.24) is 14.9 Å². The molecule has 3 aromatic rings. The molecule has 2 aromatic heterocycles. The molecule has 2 atom stereocenters. The highest BCUT2D eigenvalue weighted by Gasteiger charge is 2.42. The Kier molecular flexibility index (Phi) is 5.64. The van der Waals surface area contributed by atoms with Gasteiger partial charge in [0.1, 0.15) is 5.75 Å². The van der Waals surface area contributed by atoms with Crippen LogP contribution in [0.25, 0.3) is 0 Å². The van der Waals surface area contributed by atoms with Crippen LogP contribution in [0, 0.1) is 13.8 Å². The maximum absolute atomic E-state index is 9.83. The number of phenolic OH excluding ortho intramolecular Hbond substituents is 1. The number of rotatable bonds is 4. The summed E-state index contributed by atoms with van der Waals surface area (Å²) in [6, 6.07) is 16.2. The van der Waals surface area contributed by atoms with Crippen LogP contribution in [0.1, 0.15) is 72.9 Å². The van der Waals surface area contributed by atoms with E-state index >= 15 is 0 Å². The topological polar surface area (TPSA) is 53.3 Å². The summed E-state index contributed by atoms with van der Waals surface area (Å²) in [5, 5.41) is 14.0. The molecule has 0 bridgehead atoms. The fourth-order valence-corrected chi connectivity index (χ4v) is 5.91. The van der Waals surface area contributed by atoms with Crippen LogP contribution in [0.3, 0.4) is 0 Å². The van der Waals surface area contributed by atoms with Gasteiger partial charge in [-0.3, -0.25) is 4.98 Å². The monoisotopic (exact) mass is 446 g/mol. The van der Waals surface area contributed by atoms with Gasteiger partial charge in [-0.25, -0.2) is 0 Å². The van der Waals surface area contributed by atoms with E-state index in [0.717, 1.165) is 11.4 Å². The van der Waals surface area contributed by atoms with Crippen molar-refractivity contribution in [2.24, 2.45) is 0 Å². The molecule has 0 amide bonds. The summed E-state index contributed by atoms with van der Waals surface area (Å²) in [5.41, 5.74) is 5.85. The van der Waals surface area contributed by atoms with E-state index in [9.17, 15) is 5.11 Å². The Morgan fingerprint density at radius 1 is 1.03 bits per heavy atom. The molecule has 2 aliphatic rings. The Balaban J connectivity index is 1.62. The summed E-state index contributed by atoms with van der Waals surface area (Å²) in [6.45, 7) is 4.48. The predicted octanol–water partition coefficient (Wildman–Crippen LogP) is 5.89. The van der Waals surface area contributed by atoms with Gasteiger partial charge in [-0.15, -0.1) is 0 Å². The summed E-state index contributed by atoms with van der Waals surface area (Å²) in [7, 11) is 0. The van der Waals surface area contributed by atoms with Crippen molar-refractivity contribution < 1.29 is 5.11 Å². The molecule has 2 fully saturated rings. The first-order chi connectivity index (χ1) is 15.5. The maximum Gasteiger partial charge on any atom is 0.174 e. The van der Waals surface area contributed by atoms with Crippen LogP contribution in [-0.4, -0.2) is 19.8 Å². The number of thiocarbonyl (C=S) groups is 1. The second-order valence-corrected chi connectivity index (χ2v) is 9.39. The molecule has 5 nitrogen and oxygen atoms in total. The normalized spacial score (nSPS) is 21.7. The van der Waals surface area contributed by atoms with E-state index in [1.807, 2.05) is 30.5 Å². The molecule has 2 N–H and O–H groups in total. The third-order valence-electron chi connectivity index (χ3n) is 7.01. The molecule has 0 unspecified atom stereocenters. The highest BCUT2D eigenvalue weighted by atomic mass is 32.1. The minimum atomic E-state index is -0.0576. The minimum Gasteiger partial charge on any atom is -0.508 e. The van der Waals surface area contributed by atoms with Crippen LogP contribution in [-0.2, 0) is 0 Å². The van der Waals surface area contributed by atoms with Gasteiger partial charge in [0.2, 0.25) is 0 Å². The van der Waals surface area contributed by atoms with Gasteiger partial charge < -0.3 is 19.9 Å². The summed E-state index contributed by atoms with van der Waals surface area (Å²) in [4.78, 5) is 6.85. The van der Waals surface area contributed by atoms with Gasteiger partial charge in [-0.05, 0) is 86.9 Å². The number of aryl methyl sites for hydroxylation is 1. The van der Waals surface area contributed by atoms with Gasteiger partial charge >= 0.3 is 0 Å². The molecule has 0 spiro atoms. The van der Waals surface area contributed by atoms with Gasteiger partial charge in [-0.1, -0.05) is 25.3 Å². The summed E-state index contributed by atoms with van der Waals surface area (Å²) in [6.07, 6.45) is 8.31. The number of benzene rings is 1. The Hall–Kier alpha value is -2.86. The quantitative estimate of drug-likeness (QED) is 0.490. The summed E-state index contributed by atoms with van der Waals surface area (Å²) in [5.74, 6) is 0.250. The number of nitrogens with one attached hydrogen (secondary N) is 1. The molecule has 3 heterocycles. The lowest BCUT2D eigenvalue weighted by Crippen LogP contribution is -2.29. The lowest BCUT2D eigenvalue weighted by Gasteiger charge is -2.30. The number of aromatic nitrogens is 2. The average Bonchev–Trinajstić information content (AvgIpc) is 3.31. The molecule has 32 heavy (non-hydrogen) atoms. The second kappa shape index (κ2) is 8.58. The Morgan fingerprint density at radius 2 is 1.78 bits per heavy atom. The van der Waals surface area contributed by atoms with Gasteiger partial charge in [0, 0.05) is 29.3 Å². The zero-order valence-electron chi connectivity index (χ0n) is 18.7. The molecule has 1 saturated carbocycles. The SMILES string of the molecule is Cc1cc([C@H]2[C@@H](c3ccccn3)NC(=S)N2c2ccc(O)cc2)c(C)n1C1CCCCC1. The first-order valence-corrected chi connectivity index (χ1v) is 11.9. The number of hydrogen-bond donors (Lipinski definition) is 2. The Labute approximate surface area is 195 Å². The van der Waals surface area contributed by atoms with Crippen LogP contribution in [0.4, 0.5) is 5.69 Å². The minimum absolute atomic E-state index is 0.0227. The zero-order valence-corrected chi connectivity index (χ0v) is 19.5. The van der Waals surface area contributed by atoms with Crippen LogP contribution in [0.2, 0.25) is 0 Å². The van der Waals surface area contributed by atoms with Crippen molar-refractivity contribution in [2.75, 3.05) is 4.90 Å². The van der Waals surface area contributed by atoms with Crippen LogP contribution in [0.15, 0.2) is 54.7 Å². The first kappa shape index (κ1) is 21.0. The van der Waals surface area contributed by atoms with E-state index in [4.69, 9.17) is 12.2 Å². The van der Waals surface area contributed by atoms with E-state index in [-0.39, 0.29) is 17.8 Å². The highest BCUT2D eigenvalue weighted by Crippen LogP contribution is 2.44. The van der Waals surface area contributed by atoms with E-state index in [1.165, 1.54) is 49.1 Å². The molecule has 1 aliphatic heterocycles. The van der Waals surface area contributed by atoms with Gasteiger partial charge in [0.25, 0.3) is 0 Å². The molecule has 0 radical (unpaired) electrons. The number of phenols is 1. The molecule has 166 valence electrons. The van der Waals surface area contributed by atoms with Gasteiger partial charge in [0.15, 0.2) is 5.11 Å². The first-order valence-electron chi connectivity index (χ1n) is 11.5. The lowest BCUT2D eigenvalue weighted by atomic mass is 9.94. The molecule has 6 heteroatoms. The van der Waals surface area contributed by atoms with Crippen molar-refractivity contribution in [2.45, 2.75) is 64.1 Å². The average molecular weight is 447 g/mol. The molecule has 1 aliphatic carbocycles. The van der Waals surface area contributed by atoms with E-state index in [0.29, 0.717) is 11.2 Å². The van der Waals surface area contributed by atoms with Crippen molar-refractivity contribution in [3.63, 3.8) is 0 Å². The number of anilines is 1. The summed E-state index contributed by atoms with van der Waals surface area (Å²) >= 11 is 5.84. The molecular weight excluding hydrogens is 416 g/mol. The molecule has 1 aromatic carbocycles. The standard InChI is InChI=1S/C26H30N4OS/c1-17-16-22(18(2)29(17)19-8-4-3-5-9-19)25-24(23-10-6-7-15-27-23)28-26(32)30(25)20-11-13-21(31)14-12-20/h6-7,10-16,19,24-25,31H,3-5,8-9H2,1-2H3,(H,28,32)/t24-,25+/m1/s1. The maximum atomic E-state index is 9.83. The van der Waals surface area contributed by atoms with E-state index < -0.39 is 0 Å². The van der Waals surface area contributed by atoms with Crippen LogP contribution >= 0.6 is 12.2 Å².